The van der Waals surface area contributed by atoms with Crippen molar-refractivity contribution in [1.29, 1.82) is 0 Å². The molecule has 0 aromatic heterocycles. The zero-order valence-corrected chi connectivity index (χ0v) is 7.21. The van der Waals surface area contributed by atoms with Crippen molar-refractivity contribution in [2.45, 2.75) is 19.1 Å². The SMILES string of the molecule is CC(N)C1CS(=O)(=O)CC1O. The third-order valence-corrected chi connectivity index (χ3v) is 3.78. The van der Waals surface area contributed by atoms with Gasteiger partial charge in [-0.15, -0.1) is 0 Å². The van der Waals surface area contributed by atoms with E-state index in [1.165, 1.54) is 0 Å². The molecule has 0 aromatic rings. The van der Waals surface area contributed by atoms with Crippen LogP contribution >= 0.6 is 0 Å². The average molecular weight is 179 g/mol. The highest BCUT2D eigenvalue weighted by atomic mass is 32.2. The first kappa shape index (κ1) is 8.96. The molecule has 3 atom stereocenters. The minimum atomic E-state index is -3.02. The molecular formula is C6H13NO3S. The maximum atomic E-state index is 10.9. The summed E-state index contributed by atoms with van der Waals surface area (Å²) >= 11 is 0. The van der Waals surface area contributed by atoms with E-state index in [2.05, 4.69) is 0 Å². The van der Waals surface area contributed by atoms with Gasteiger partial charge in [0.25, 0.3) is 0 Å². The predicted octanol–water partition coefficient (Wildman–Crippen LogP) is -1.26. The molecule has 4 nitrogen and oxygen atoms in total. The lowest BCUT2D eigenvalue weighted by atomic mass is 9.99. The number of hydrogen-bond acceptors (Lipinski definition) is 4. The number of rotatable bonds is 1. The van der Waals surface area contributed by atoms with Gasteiger partial charge >= 0.3 is 0 Å². The highest BCUT2D eigenvalue weighted by Gasteiger charge is 2.38. The van der Waals surface area contributed by atoms with Gasteiger partial charge in [0.15, 0.2) is 9.84 Å². The van der Waals surface area contributed by atoms with Gasteiger partial charge in [0.1, 0.15) is 0 Å². The molecule has 0 aliphatic carbocycles. The summed E-state index contributed by atoms with van der Waals surface area (Å²) in [6.45, 7) is 1.72. The Morgan fingerprint density at radius 1 is 1.55 bits per heavy atom. The normalized spacial score (nSPS) is 38.8. The van der Waals surface area contributed by atoms with Crippen molar-refractivity contribution in [3.63, 3.8) is 0 Å². The largest absolute Gasteiger partial charge is 0.392 e. The van der Waals surface area contributed by atoms with Crippen molar-refractivity contribution in [1.82, 2.24) is 0 Å². The minimum absolute atomic E-state index is 0.0336. The molecule has 5 heteroatoms. The molecule has 1 saturated heterocycles. The third-order valence-electron chi connectivity index (χ3n) is 2.04. The minimum Gasteiger partial charge on any atom is -0.392 e. The van der Waals surface area contributed by atoms with Gasteiger partial charge < -0.3 is 10.8 Å². The summed E-state index contributed by atoms with van der Waals surface area (Å²) in [5.74, 6) is -0.370. The Kier molecular flexibility index (Phi) is 2.22. The number of aliphatic hydroxyl groups is 1. The molecule has 0 saturated carbocycles. The molecule has 1 aliphatic rings. The predicted molar refractivity (Wildman–Crippen MR) is 41.8 cm³/mol. The van der Waals surface area contributed by atoms with Gasteiger partial charge in [0, 0.05) is 12.0 Å². The van der Waals surface area contributed by atoms with Gasteiger partial charge in [-0.1, -0.05) is 0 Å². The Morgan fingerprint density at radius 3 is 2.27 bits per heavy atom. The second-order valence-corrected chi connectivity index (χ2v) is 5.32. The molecule has 66 valence electrons. The number of sulfone groups is 1. The molecule has 0 amide bonds. The van der Waals surface area contributed by atoms with Gasteiger partial charge in [-0.25, -0.2) is 8.42 Å². The maximum absolute atomic E-state index is 10.9. The zero-order chi connectivity index (χ0) is 8.65. The Morgan fingerprint density at radius 2 is 2.09 bits per heavy atom. The van der Waals surface area contributed by atoms with Crippen LogP contribution in [0.3, 0.4) is 0 Å². The van der Waals surface area contributed by atoms with Crippen molar-refractivity contribution >= 4 is 9.84 Å². The molecule has 3 unspecified atom stereocenters. The molecule has 1 aliphatic heterocycles. The number of hydrogen-bond donors (Lipinski definition) is 2. The van der Waals surface area contributed by atoms with Crippen molar-refractivity contribution in [2.24, 2.45) is 11.7 Å². The summed E-state index contributed by atoms with van der Waals surface area (Å²) in [5.41, 5.74) is 5.48. The summed E-state index contributed by atoms with van der Waals surface area (Å²) in [4.78, 5) is 0. The van der Waals surface area contributed by atoms with Crippen LogP contribution in [-0.4, -0.2) is 37.2 Å². The van der Waals surface area contributed by atoms with E-state index in [9.17, 15) is 13.5 Å². The fourth-order valence-electron chi connectivity index (χ4n) is 1.36. The molecule has 1 rings (SSSR count). The lowest BCUT2D eigenvalue weighted by Gasteiger charge is -2.15. The molecule has 0 aromatic carbocycles. The van der Waals surface area contributed by atoms with Gasteiger partial charge in [-0.05, 0) is 6.92 Å². The fraction of sp³-hybridized carbons (Fsp3) is 1.00. The van der Waals surface area contributed by atoms with Crippen LogP contribution < -0.4 is 5.73 Å². The quantitative estimate of drug-likeness (QED) is 0.526. The van der Waals surface area contributed by atoms with E-state index in [-0.39, 0.29) is 23.5 Å². The lowest BCUT2D eigenvalue weighted by Crippen LogP contribution is -2.34. The second-order valence-electron chi connectivity index (χ2n) is 3.17. The Balaban J connectivity index is 2.75. The van der Waals surface area contributed by atoms with E-state index >= 15 is 0 Å². The van der Waals surface area contributed by atoms with E-state index in [1.807, 2.05) is 0 Å². The molecule has 1 fully saturated rings. The van der Waals surface area contributed by atoms with Gasteiger partial charge in [-0.2, -0.15) is 0 Å². The van der Waals surface area contributed by atoms with Crippen LogP contribution in [0.15, 0.2) is 0 Å². The summed E-state index contributed by atoms with van der Waals surface area (Å²) < 4.78 is 21.9. The van der Waals surface area contributed by atoms with E-state index < -0.39 is 15.9 Å². The maximum Gasteiger partial charge on any atom is 0.153 e. The molecule has 3 N–H and O–H groups in total. The lowest BCUT2D eigenvalue weighted by molar-refractivity contribution is 0.138. The average Bonchev–Trinajstić information content (AvgIpc) is 2.05. The van der Waals surface area contributed by atoms with Crippen molar-refractivity contribution in [2.75, 3.05) is 11.5 Å². The van der Waals surface area contributed by atoms with Gasteiger partial charge in [0.2, 0.25) is 0 Å². The second kappa shape index (κ2) is 2.73. The first-order valence-electron chi connectivity index (χ1n) is 3.56. The van der Waals surface area contributed by atoms with Crippen LogP contribution in [0.4, 0.5) is 0 Å². The Hall–Kier alpha value is -0.130. The van der Waals surface area contributed by atoms with E-state index in [0.29, 0.717) is 0 Å². The highest BCUT2D eigenvalue weighted by Crippen LogP contribution is 2.20. The Labute approximate surface area is 66.3 Å². The standard InChI is InChI=1S/C6H13NO3S/c1-4(7)5-2-11(9,10)3-6(5)8/h4-6,8H,2-3,7H2,1H3. The van der Waals surface area contributed by atoms with Crippen LogP contribution in [0.25, 0.3) is 0 Å². The van der Waals surface area contributed by atoms with Gasteiger partial charge in [0.05, 0.1) is 17.6 Å². The number of aliphatic hydroxyl groups excluding tert-OH is 1. The van der Waals surface area contributed by atoms with Crippen LogP contribution in [0.5, 0.6) is 0 Å². The molecular weight excluding hydrogens is 166 g/mol. The number of nitrogens with two attached hydrogens (primary N) is 1. The van der Waals surface area contributed by atoms with Crippen LogP contribution in [0, 0.1) is 5.92 Å². The Bertz CT molecular complexity index is 234. The molecule has 0 spiro atoms. The van der Waals surface area contributed by atoms with Crippen LogP contribution in [0.1, 0.15) is 6.92 Å². The molecule has 11 heavy (non-hydrogen) atoms. The van der Waals surface area contributed by atoms with Crippen molar-refractivity contribution in [3.05, 3.63) is 0 Å². The third kappa shape index (κ3) is 1.91. The summed E-state index contributed by atoms with van der Waals surface area (Å²) in [5, 5.41) is 9.24. The zero-order valence-electron chi connectivity index (χ0n) is 6.40. The monoisotopic (exact) mass is 179 g/mol. The fourth-order valence-corrected chi connectivity index (χ4v) is 3.37. The van der Waals surface area contributed by atoms with Crippen molar-refractivity contribution < 1.29 is 13.5 Å². The summed E-state index contributed by atoms with van der Waals surface area (Å²) in [6, 6.07) is -0.248. The smallest absolute Gasteiger partial charge is 0.153 e. The first-order valence-corrected chi connectivity index (χ1v) is 5.38. The van der Waals surface area contributed by atoms with Gasteiger partial charge in [-0.3, -0.25) is 0 Å². The van der Waals surface area contributed by atoms with Crippen LogP contribution in [0.2, 0.25) is 0 Å². The highest BCUT2D eigenvalue weighted by molar-refractivity contribution is 7.91. The molecule has 1 heterocycles. The van der Waals surface area contributed by atoms with E-state index in [4.69, 9.17) is 5.73 Å². The first-order chi connectivity index (χ1) is 4.92. The molecule has 0 bridgehead atoms. The molecule has 0 radical (unpaired) electrons. The topological polar surface area (TPSA) is 80.4 Å². The van der Waals surface area contributed by atoms with E-state index in [1.54, 1.807) is 6.92 Å². The van der Waals surface area contributed by atoms with E-state index in [0.717, 1.165) is 0 Å². The summed E-state index contributed by atoms with van der Waals surface area (Å²) in [6.07, 6.45) is -0.764. The van der Waals surface area contributed by atoms with Crippen molar-refractivity contribution in [3.8, 4) is 0 Å². The summed E-state index contributed by atoms with van der Waals surface area (Å²) in [7, 11) is -3.02. The van der Waals surface area contributed by atoms with Crippen LogP contribution in [-0.2, 0) is 9.84 Å².